The van der Waals surface area contributed by atoms with Crippen LogP contribution in [0.1, 0.15) is 206 Å². The molecule has 0 aromatic rings. The van der Waals surface area contributed by atoms with Crippen LogP contribution >= 0.6 is 7.82 Å². The number of nitrogens with two attached hydrogens (primary N) is 1. The van der Waals surface area contributed by atoms with Gasteiger partial charge in [-0.25, -0.2) is 4.57 Å². The Morgan fingerprint density at radius 3 is 1.27 bits per heavy atom. The lowest BCUT2D eigenvalue weighted by Crippen LogP contribution is -2.28. The van der Waals surface area contributed by atoms with Gasteiger partial charge < -0.3 is 20.1 Å². The fourth-order valence-corrected chi connectivity index (χ4v) is 7.60. The van der Waals surface area contributed by atoms with Crippen LogP contribution < -0.4 is 5.73 Å². The molecule has 0 spiro atoms. The van der Waals surface area contributed by atoms with E-state index in [4.69, 9.17) is 24.3 Å². The van der Waals surface area contributed by atoms with E-state index in [9.17, 15) is 14.3 Å². The summed E-state index contributed by atoms with van der Waals surface area (Å²) >= 11 is 0. The van der Waals surface area contributed by atoms with Crippen LogP contribution in [0.25, 0.3) is 0 Å². The molecule has 0 heterocycles. The van der Waals surface area contributed by atoms with Crippen LogP contribution in [-0.2, 0) is 27.9 Å². The molecular weight excluding hydrogens is 842 g/mol. The second-order valence-electron chi connectivity index (χ2n) is 17.0. The fraction of sp³-hybridized carbons (Fsp3) is 0.667. The minimum Gasteiger partial charge on any atom is -0.457 e. The van der Waals surface area contributed by atoms with Gasteiger partial charge in [0.05, 0.1) is 19.8 Å². The lowest BCUT2D eigenvalue weighted by Gasteiger charge is -2.20. The highest BCUT2D eigenvalue weighted by Crippen LogP contribution is 2.43. The third kappa shape index (κ3) is 52.1. The van der Waals surface area contributed by atoms with Gasteiger partial charge in [0.1, 0.15) is 6.10 Å². The molecule has 9 heteroatoms. The zero-order valence-electron chi connectivity index (χ0n) is 42.1. The summed E-state index contributed by atoms with van der Waals surface area (Å²) < 4.78 is 33.6. The Kier molecular flexibility index (Phi) is 50.8. The summed E-state index contributed by atoms with van der Waals surface area (Å²) in [7, 11) is -4.30. The van der Waals surface area contributed by atoms with Crippen LogP contribution in [0.3, 0.4) is 0 Å². The van der Waals surface area contributed by atoms with Crippen molar-refractivity contribution >= 4 is 13.8 Å². The highest BCUT2D eigenvalue weighted by Gasteiger charge is 2.25. The molecule has 0 saturated heterocycles. The molecule has 8 nitrogen and oxygen atoms in total. The summed E-state index contributed by atoms with van der Waals surface area (Å²) in [5, 5.41) is 0. The van der Waals surface area contributed by atoms with E-state index in [1.807, 2.05) is 0 Å². The maximum atomic E-state index is 12.7. The van der Waals surface area contributed by atoms with E-state index in [1.54, 1.807) is 0 Å². The van der Waals surface area contributed by atoms with E-state index in [1.165, 1.54) is 83.5 Å². The number of hydrogen-bond donors (Lipinski definition) is 2. The second kappa shape index (κ2) is 53.1. The predicted molar refractivity (Wildman–Crippen MR) is 284 cm³/mol. The minimum atomic E-state index is -4.30. The first-order chi connectivity index (χ1) is 32.4. The first-order valence-electron chi connectivity index (χ1n) is 26.4. The first kappa shape index (κ1) is 63.2. The molecule has 0 radical (unpaired) electrons. The Hall–Kier alpha value is -2.84. The zero-order valence-corrected chi connectivity index (χ0v) is 43.0. The SMILES string of the molecule is CC/C=C\C/C=C\C/C=C\C/C=C\C/C=C\C/C=C\C/C=C\CCCCCCOCC(COP(=O)(O)OCCN)OC(=O)CCCCCCCCCCC/C=C\C/C=C\CCCCCCC. The lowest BCUT2D eigenvalue weighted by atomic mass is 10.1. The van der Waals surface area contributed by atoms with E-state index in [0.717, 1.165) is 103 Å². The van der Waals surface area contributed by atoms with Crippen molar-refractivity contribution in [1.29, 1.82) is 0 Å². The summed E-state index contributed by atoms with van der Waals surface area (Å²) in [6.45, 7) is 4.72. The third-order valence-corrected chi connectivity index (χ3v) is 11.7. The van der Waals surface area contributed by atoms with E-state index in [0.29, 0.717) is 13.0 Å². The summed E-state index contributed by atoms with van der Waals surface area (Å²) in [5.74, 6) is -0.348. The molecule has 378 valence electrons. The van der Waals surface area contributed by atoms with Crippen molar-refractivity contribution in [2.75, 3.05) is 33.0 Å². The van der Waals surface area contributed by atoms with Crippen LogP contribution in [0.15, 0.2) is 109 Å². The van der Waals surface area contributed by atoms with Crippen molar-refractivity contribution in [3.05, 3.63) is 109 Å². The molecular formula is C57H98NO7P. The average molecular weight is 940 g/mol. The van der Waals surface area contributed by atoms with E-state index >= 15 is 0 Å². The van der Waals surface area contributed by atoms with Crippen molar-refractivity contribution in [3.8, 4) is 0 Å². The monoisotopic (exact) mass is 940 g/mol. The molecule has 66 heavy (non-hydrogen) atoms. The van der Waals surface area contributed by atoms with E-state index in [2.05, 4.69) is 123 Å². The average Bonchev–Trinajstić information content (AvgIpc) is 3.31. The van der Waals surface area contributed by atoms with Gasteiger partial charge in [-0.3, -0.25) is 13.8 Å². The van der Waals surface area contributed by atoms with Gasteiger partial charge in [-0.1, -0.05) is 207 Å². The minimum absolute atomic E-state index is 0.0890. The molecule has 2 atom stereocenters. The van der Waals surface area contributed by atoms with Gasteiger partial charge in [-0.05, 0) is 103 Å². The molecule has 3 N–H and O–H groups in total. The number of esters is 1. The Balaban J connectivity index is 4.05. The number of hydrogen-bond acceptors (Lipinski definition) is 7. The maximum Gasteiger partial charge on any atom is 0.472 e. The van der Waals surface area contributed by atoms with Crippen molar-refractivity contribution in [2.24, 2.45) is 5.73 Å². The number of phosphoric acid groups is 1. The van der Waals surface area contributed by atoms with Gasteiger partial charge in [0.15, 0.2) is 0 Å². The maximum absolute atomic E-state index is 12.7. The molecule has 2 unspecified atom stereocenters. The zero-order chi connectivity index (χ0) is 48.0. The van der Waals surface area contributed by atoms with Gasteiger partial charge in [0.2, 0.25) is 0 Å². The predicted octanol–water partition coefficient (Wildman–Crippen LogP) is 16.8. The van der Waals surface area contributed by atoms with Crippen LogP contribution in [0.4, 0.5) is 0 Å². The second-order valence-corrected chi connectivity index (χ2v) is 18.5. The summed E-state index contributed by atoms with van der Waals surface area (Å²) in [4.78, 5) is 22.6. The largest absolute Gasteiger partial charge is 0.472 e. The molecule has 0 aliphatic carbocycles. The quantitative estimate of drug-likeness (QED) is 0.0268. The third-order valence-electron chi connectivity index (χ3n) is 10.7. The molecule has 0 aromatic heterocycles. The van der Waals surface area contributed by atoms with Gasteiger partial charge >= 0.3 is 13.8 Å². The van der Waals surface area contributed by atoms with Gasteiger partial charge in [0, 0.05) is 19.6 Å². The summed E-state index contributed by atoms with van der Waals surface area (Å²) in [6.07, 6.45) is 72.6. The van der Waals surface area contributed by atoms with Gasteiger partial charge in [-0.2, -0.15) is 0 Å². The van der Waals surface area contributed by atoms with Crippen LogP contribution in [-0.4, -0.2) is 49.9 Å². The number of rotatable bonds is 49. The van der Waals surface area contributed by atoms with Crippen LogP contribution in [0.5, 0.6) is 0 Å². The van der Waals surface area contributed by atoms with E-state index in [-0.39, 0.29) is 32.3 Å². The highest BCUT2D eigenvalue weighted by atomic mass is 31.2. The highest BCUT2D eigenvalue weighted by molar-refractivity contribution is 7.47. The van der Waals surface area contributed by atoms with E-state index < -0.39 is 13.9 Å². The normalized spacial score (nSPS) is 14.2. The number of allylic oxidation sites excluding steroid dienone is 18. The molecule has 0 aromatic carbocycles. The van der Waals surface area contributed by atoms with Crippen LogP contribution in [0, 0.1) is 0 Å². The summed E-state index contributed by atoms with van der Waals surface area (Å²) in [5.41, 5.74) is 5.39. The van der Waals surface area contributed by atoms with Crippen LogP contribution in [0.2, 0.25) is 0 Å². The molecule has 0 fully saturated rings. The number of unbranched alkanes of at least 4 members (excludes halogenated alkanes) is 18. The van der Waals surface area contributed by atoms with Crippen molar-refractivity contribution in [2.45, 2.75) is 213 Å². The Labute approximate surface area is 405 Å². The molecule has 0 rings (SSSR count). The smallest absolute Gasteiger partial charge is 0.457 e. The number of carbonyl (C=O) groups excluding carboxylic acids is 1. The molecule has 0 amide bonds. The molecule has 0 aliphatic heterocycles. The lowest BCUT2D eigenvalue weighted by molar-refractivity contribution is -0.154. The summed E-state index contributed by atoms with van der Waals surface area (Å²) in [6, 6.07) is 0. The Morgan fingerprint density at radius 1 is 0.470 bits per heavy atom. The molecule has 0 saturated carbocycles. The van der Waals surface area contributed by atoms with Crippen molar-refractivity contribution in [3.63, 3.8) is 0 Å². The molecule has 0 aliphatic rings. The van der Waals surface area contributed by atoms with Crippen molar-refractivity contribution in [1.82, 2.24) is 0 Å². The standard InChI is InChI=1S/C57H98NO7P/c1-3-5-7-9-11-13-15-17-19-21-23-25-26-27-28-29-31-33-35-37-39-41-43-45-47-49-52-62-54-56(55-64-66(60,61)63-53-51-58)65-57(59)50-48-46-44-42-40-38-36-34-32-30-24-22-20-18-16-14-12-10-8-6-4-2/h5,7,11,13,16-19,22-25,27-28,31,33,37,39,56H,3-4,6,8-10,12,14-15,20-21,26,29-30,32,34-36,38,40-55,58H2,1-2H3,(H,60,61)/b7-5-,13-11-,18-16-,19-17-,24-22-,25-23-,28-27-,33-31-,39-37-. The topological polar surface area (TPSA) is 117 Å². The fourth-order valence-electron chi connectivity index (χ4n) is 6.83. The van der Waals surface area contributed by atoms with Gasteiger partial charge in [-0.15, -0.1) is 0 Å². The Morgan fingerprint density at radius 2 is 0.848 bits per heavy atom. The van der Waals surface area contributed by atoms with Gasteiger partial charge in [0.25, 0.3) is 0 Å². The molecule has 0 bridgehead atoms. The first-order valence-corrected chi connectivity index (χ1v) is 27.9. The Bertz CT molecular complexity index is 1380. The number of ether oxygens (including phenoxy) is 2. The number of carbonyl (C=O) groups is 1. The van der Waals surface area contributed by atoms with Crippen molar-refractivity contribution < 1.29 is 32.8 Å². The number of phosphoric ester groups is 1.